The lowest BCUT2D eigenvalue weighted by molar-refractivity contribution is -0.112. The van der Waals surface area contributed by atoms with Crippen molar-refractivity contribution >= 4 is 39.6 Å². The number of terminal acetylenes is 1. The fourth-order valence-electron chi connectivity index (χ4n) is 2.61. The number of ether oxygens (including phenoxy) is 3. The molecule has 2 rings (SSSR count). The Morgan fingerprint density at radius 1 is 1.16 bits per heavy atom. The third-order valence-electron chi connectivity index (χ3n) is 3.96. The van der Waals surface area contributed by atoms with Crippen LogP contribution in [0.2, 0.25) is 0 Å². The number of nitrogens with one attached hydrogen (secondary N) is 1. The highest BCUT2D eigenvalue weighted by Crippen LogP contribution is 2.37. The van der Waals surface area contributed by atoms with Gasteiger partial charge in [-0.3, -0.25) is 4.79 Å². The lowest BCUT2D eigenvalue weighted by atomic mass is 10.1. The Labute approximate surface area is 195 Å². The van der Waals surface area contributed by atoms with E-state index in [4.69, 9.17) is 20.6 Å². The van der Waals surface area contributed by atoms with Gasteiger partial charge in [-0.25, -0.2) is 4.79 Å². The predicted molar refractivity (Wildman–Crippen MR) is 124 cm³/mol. The van der Waals surface area contributed by atoms with Crippen LogP contribution in [0.5, 0.6) is 11.5 Å². The number of carbonyl (C=O) groups is 2. The number of rotatable bonds is 9. The molecule has 0 atom stereocenters. The largest absolute Gasteiger partial charge is 0.490 e. The molecule has 0 unspecified atom stereocenters. The minimum Gasteiger partial charge on any atom is -0.490 e. The van der Waals surface area contributed by atoms with Crippen molar-refractivity contribution in [3.8, 4) is 29.9 Å². The molecule has 0 aliphatic rings. The summed E-state index contributed by atoms with van der Waals surface area (Å²) in [5, 5.41) is 12.1. The normalized spacial score (nSPS) is 10.5. The van der Waals surface area contributed by atoms with Crippen molar-refractivity contribution in [1.29, 1.82) is 5.26 Å². The average molecular weight is 497 g/mol. The number of hydrogen-bond donors (Lipinski definition) is 1. The second kappa shape index (κ2) is 12.2. The summed E-state index contributed by atoms with van der Waals surface area (Å²) in [7, 11) is 0. The number of nitriles is 1. The van der Waals surface area contributed by atoms with Crippen LogP contribution in [0, 0.1) is 23.7 Å². The number of anilines is 1. The van der Waals surface area contributed by atoms with E-state index in [2.05, 4.69) is 27.2 Å². The maximum atomic E-state index is 12.6. The number of carbonyl (C=O) groups excluding carboxylic acids is 2. The summed E-state index contributed by atoms with van der Waals surface area (Å²) < 4.78 is 16.6. The second-order valence-electron chi connectivity index (χ2n) is 6.18. The Bertz CT molecular complexity index is 1100. The number of nitrogens with zero attached hydrogens (tertiary/aromatic N) is 1. The zero-order chi connectivity index (χ0) is 23.5. The van der Waals surface area contributed by atoms with Crippen molar-refractivity contribution < 1.29 is 23.8 Å². The van der Waals surface area contributed by atoms with Gasteiger partial charge in [0.2, 0.25) is 0 Å². The summed E-state index contributed by atoms with van der Waals surface area (Å²) in [5.74, 6) is 2.20. The van der Waals surface area contributed by atoms with Crippen LogP contribution in [0.15, 0.2) is 46.4 Å². The van der Waals surface area contributed by atoms with E-state index in [9.17, 15) is 14.9 Å². The number of benzene rings is 2. The van der Waals surface area contributed by atoms with Gasteiger partial charge in [-0.1, -0.05) is 5.92 Å². The summed E-state index contributed by atoms with van der Waals surface area (Å²) in [4.78, 5) is 24.3. The first-order valence-corrected chi connectivity index (χ1v) is 10.5. The molecule has 8 heteroatoms. The average Bonchev–Trinajstić information content (AvgIpc) is 2.77. The molecule has 1 N–H and O–H groups in total. The molecule has 0 fully saturated rings. The standard InChI is InChI=1S/C24H21BrN2O5/c1-4-11-32-22-20(25)13-16(14-21(22)30-5-2)12-18(15-26)23(28)27-19-9-7-17(8-10-19)24(29)31-6-3/h1,7-10,12-14H,5-6,11H2,2-3H3,(H,27,28)/b18-12+. The predicted octanol–water partition coefficient (Wildman–Crippen LogP) is 4.58. The quantitative estimate of drug-likeness (QED) is 0.236. The van der Waals surface area contributed by atoms with Gasteiger partial charge in [0.05, 0.1) is 23.2 Å². The third kappa shape index (κ3) is 6.63. The van der Waals surface area contributed by atoms with Gasteiger partial charge >= 0.3 is 5.97 Å². The third-order valence-corrected chi connectivity index (χ3v) is 4.55. The van der Waals surface area contributed by atoms with Crippen LogP contribution < -0.4 is 14.8 Å². The number of esters is 1. The van der Waals surface area contributed by atoms with Crippen molar-refractivity contribution in [2.24, 2.45) is 0 Å². The summed E-state index contributed by atoms with van der Waals surface area (Å²) in [5.41, 5.74) is 1.23. The van der Waals surface area contributed by atoms with Crippen molar-refractivity contribution in [2.45, 2.75) is 13.8 Å². The molecule has 0 bridgehead atoms. The fraction of sp³-hybridized carbons (Fsp3) is 0.208. The van der Waals surface area contributed by atoms with Crippen molar-refractivity contribution in [2.75, 3.05) is 25.1 Å². The number of halogens is 1. The zero-order valence-electron chi connectivity index (χ0n) is 17.6. The van der Waals surface area contributed by atoms with Crippen molar-refractivity contribution in [1.82, 2.24) is 0 Å². The highest BCUT2D eigenvalue weighted by atomic mass is 79.9. The molecule has 0 aliphatic carbocycles. The van der Waals surface area contributed by atoms with Crippen LogP contribution in [-0.4, -0.2) is 31.7 Å². The van der Waals surface area contributed by atoms with E-state index in [1.807, 2.05) is 13.0 Å². The number of amides is 1. The Kier molecular flexibility index (Phi) is 9.34. The van der Waals surface area contributed by atoms with E-state index in [0.717, 1.165) is 0 Å². The topological polar surface area (TPSA) is 97.7 Å². The molecule has 0 radical (unpaired) electrons. The van der Waals surface area contributed by atoms with Crippen LogP contribution in [0.4, 0.5) is 5.69 Å². The zero-order valence-corrected chi connectivity index (χ0v) is 19.2. The lowest BCUT2D eigenvalue weighted by Crippen LogP contribution is -2.13. The molecule has 0 heterocycles. The van der Waals surface area contributed by atoms with Gasteiger partial charge in [-0.15, -0.1) is 6.42 Å². The molecule has 7 nitrogen and oxygen atoms in total. The molecule has 0 aliphatic heterocycles. The summed E-state index contributed by atoms with van der Waals surface area (Å²) in [6, 6.07) is 11.4. The van der Waals surface area contributed by atoms with E-state index < -0.39 is 11.9 Å². The van der Waals surface area contributed by atoms with Crippen molar-refractivity contribution in [3.05, 3.63) is 57.6 Å². The first-order valence-electron chi connectivity index (χ1n) is 9.66. The lowest BCUT2D eigenvalue weighted by Gasteiger charge is -2.13. The Hall–Kier alpha value is -3.75. The van der Waals surface area contributed by atoms with Crippen LogP contribution in [-0.2, 0) is 9.53 Å². The molecule has 32 heavy (non-hydrogen) atoms. The highest BCUT2D eigenvalue weighted by molar-refractivity contribution is 9.10. The van der Waals surface area contributed by atoms with Crippen LogP contribution in [0.1, 0.15) is 29.8 Å². The van der Waals surface area contributed by atoms with Gasteiger partial charge in [-0.05, 0) is 77.8 Å². The van der Waals surface area contributed by atoms with Crippen LogP contribution >= 0.6 is 15.9 Å². The van der Waals surface area contributed by atoms with E-state index in [1.165, 1.54) is 18.2 Å². The second-order valence-corrected chi connectivity index (χ2v) is 7.03. The minimum atomic E-state index is -0.599. The van der Waals surface area contributed by atoms with E-state index in [-0.39, 0.29) is 18.8 Å². The molecule has 2 aromatic rings. The molecule has 0 saturated carbocycles. The molecular formula is C24H21BrN2O5. The Balaban J connectivity index is 2.25. The monoisotopic (exact) mass is 496 g/mol. The maximum Gasteiger partial charge on any atom is 0.338 e. The van der Waals surface area contributed by atoms with Gasteiger partial charge in [0.25, 0.3) is 5.91 Å². The molecule has 0 spiro atoms. The van der Waals surface area contributed by atoms with Gasteiger partial charge in [-0.2, -0.15) is 5.26 Å². The SMILES string of the molecule is C#CCOc1c(Br)cc(/C=C(\C#N)C(=O)Nc2ccc(C(=O)OCC)cc2)cc1OCC. The highest BCUT2D eigenvalue weighted by Gasteiger charge is 2.15. The Morgan fingerprint density at radius 3 is 2.47 bits per heavy atom. The van der Waals surface area contributed by atoms with Gasteiger partial charge < -0.3 is 19.5 Å². The van der Waals surface area contributed by atoms with Gasteiger partial charge in [0, 0.05) is 5.69 Å². The first-order chi connectivity index (χ1) is 15.4. The molecule has 0 aromatic heterocycles. The summed E-state index contributed by atoms with van der Waals surface area (Å²) in [6.07, 6.45) is 6.68. The van der Waals surface area contributed by atoms with E-state index in [1.54, 1.807) is 31.2 Å². The van der Waals surface area contributed by atoms with Crippen molar-refractivity contribution in [3.63, 3.8) is 0 Å². The number of hydrogen-bond acceptors (Lipinski definition) is 6. The molecule has 2 aromatic carbocycles. The Morgan fingerprint density at radius 2 is 1.88 bits per heavy atom. The van der Waals surface area contributed by atoms with Crippen LogP contribution in [0.25, 0.3) is 6.08 Å². The molecule has 164 valence electrons. The van der Waals surface area contributed by atoms with Crippen LogP contribution in [0.3, 0.4) is 0 Å². The first kappa shape index (κ1) is 24.5. The summed E-state index contributed by atoms with van der Waals surface area (Å²) >= 11 is 3.41. The fourth-order valence-corrected chi connectivity index (χ4v) is 3.18. The smallest absolute Gasteiger partial charge is 0.338 e. The molecule has 0 saturated heterocycles. The maximum absolute atomic E-state index is 12.6. The summed E-state index contributed by atoms with van der Waals surface area (Å²) in [6.45, 7) is 4.26. The van der Waals surface area contributed by atoms with E-state index in [0.29, 0.717) is 39.4 Å². The van der Waals surface area contributed by atoms with E-state index >= 15 is 0 Å². The molecular weight excluding hydrogens is 476 g/mol. The van der Waals surface area contributed by atoms with Gasteiger partial charge in [0.1, 0.15) is 18.2 Å². The molecule has 1 amide bonds. The van der Waals surface area contributed by atoms with Gasteiger partial charge in [0.15, 0.2) is 11.5 Å². The minimum absolute atomic E-state index is 0.0642.